The Bertz CT molecular complexity index is 1330. The predicted octanol–water partition coefficient (Wildman–Crippen LogP) is 4.72. The lowest BCUT2D eigenvalue weighted by molar-refractivity contribution is -0.115. The third-order valence-electron chi connectivity index (χ3n) is 5.41. The zero-order chi connectivity index (χ0) is 23.4. The van der Waals surface area contributed by atoms with Crippen molar-refractivity contribution in [3.05, 3.63) is 94.4 Å². The predicted molar refractivity (Wildman–Crippen MR) is 123 cm³/mol. The van der Waals surface area contributed by atoms with Crippen molar-refractivity contribution in [1.82, 2.24) is 14.7 Å². The normalized spacial score (nSPS) is 11.8. The number of anilines is 1. The Hall–Kier alpha value is -4.07. The zero-order valence-corrected chi connectivity index (χ0v) is 18.3. The number of halogens is 1. The number of carbonyl (C=O) groups is 1. The van der Waals surface area contributed by atoms with Gasteiger partial charge in [-0.25, -0.2) is 4.39 Å². The number of nitrogens with zero attached hydrogens (tertiary/aromatic N) is 3. The average molecular weight is 446 g/mol. The van der Waals surface area contributed by atoms with Crippen LogP contribution in [0.5, 0.6) is 0 Å². The largest absolute Gasteiger partial charge is 0.334 e. The molecule has 168 valence electrons. The molecule has 33 heavy (non-hydrogen) atoms. The lowest BCUT2D eigenvalue weighted by Gasteiger charge is -2.10. The summed E-state index contributed by atoms with van der Waals surface area (Å²) in [5.41, 5.74) is 2.43. The summed E-state index contributed by atoms with van der Waals surface area (Å²) in [6, 6.07) is 16.3. The van der Waals surface area contributed by atoms with Gasteiger partial charge in [0, 0.05) is 18.0 Å². The van der Waals surface area contributed by atoms with E-state index in [4.69, 9.17) is 4.52 Å². The Morgan fingerprint density at radius 2 is 1.94 bits per heavy atom. The van der Waals surface area contributed by atoms with E-state index in [1.54, 1.807) is 6.07 Å². The van der Waals surface area contributed by atoms with Crippen LogP contribution in [0.1, 0.15) is 37.6 Å². The maximum absolute atomic E-state index is 13.6. The molecule has 0 bridgehead atoms. The van der Waals surface area contributed by atoms with Gasteiger partial charge in [0.1, 0.15) is 5.82 Å². The molecular weight excluding hydrogens is 423 g/mol. The van der Waals surface area contributed by atoms with Crippen LogP contribution in [0, 0.1) is 5.82 Å². The fraction of sp³-hybridized carbons (Fsp3) is 0.200. The number of amides is 1. The molecule has 4 rings (SSSR count). The van der Waals surface area contributed by atoms with Crippen LogP contribution in [-0.4, -0.2) is 20.6 Å². The number of rotatable bonds is 7. The van der Waals surface area contributed by atoms with E-state index >= 15 is 0 Å². The maximum Gasteiger partial charge on any atom is 0.259 e. The summed E-state index contributed by atoms with van der Waals surface area (Å²) >= 11 is 0. The highest BCUT2D eigenvalue weighted by atomic mass is 19.1. The Balaban J connectivity index is 1.46. The number of hydrogen-bond donors (Lipinski definition) is 1. The molecule has 1 amide bonds. The SMILES string of the molecule is CCC(C)c1ccc(NC(=O)Cc2noc(-c3ccc(=O)n(-c4cccc(F)c4)c3)n2)cc1. The first-order chi connectivity index (χ1) is 15.9. The van der Waals surface area contributed by atoms with E-state index in [0.717, 1.165) is 6.42 Å². The number of aromatic nitrogens is 3. The standard InChI is InChI=1S/C25H23FN4O3/c1-3-16(2)17-7-10-20(11-8-17)27-23(31)14-22-28-25(33-29-22)18-9-12-24(32)30(15-18)21-6-4-5-19(26)13-21/h4-13,15-16H,3,14H2,1-2H3,(H,27,31). The van der Waals surface area contributed by atoms with E-state index in [0.29, 0.717) is 22.9 Å². The third-order valence-corrected chi connectivity index (χ3v) is 5.41. The first kappa shape index (κ1) is 22.1. The van der Waals surface area contributed by atoms with Crippen molar-refractivity contribution in [3.8, 4) is 17.1 Å². The van der Waals surface area contributed by atoms with Gasteiger partial charge in [-0.05, 0) is 54.3 Å². The van der Waals surface area contributed by atoms with Crippen LogP contribution in [0.25, 0.3) is 17.1 Å². The number of pyridine rings is 1. The molecule has 0 spiro atoms. The first-order valence-corrected chi connectivity index (χ1v) is 10.6. The topological polar surface area (TPSA) is 90.0 Å². The summed E-state index contributed by atoms with van der Waals surface area (Å²) < 4.78 is 20.1. The summed E-state index contributed by atoms with van der Waals surface area (Å²) in [7, 11) is 0. The molecule has 2 heterocycles. The highest BCUT2D eigenvalue weighted by Gasteiger charge is 2.14. The molecule has 7 nitrogen and oxygen atoms in total. The molecule has 0 fully saturated rings. The number of benzene rings is 2. The lowest BCUT2D eigenvalue weighted by atomic mass is 9.99. The maximum atomic E-state index is 13.6. The minimum atomic E-state index is -0.453. The highest BCUT2D eigenvalue weighted by molar-refractivity contribution is 5.91. The highest BCUT2D eigenvalue weighted by Crippen LogP contribution is 2.21. The minimum absolute atomic E-state index is 0.0693. The van der Waals surface area contributed by atoms with Gasteiger partial charge < -0.3 is 9.84 Å². The number of nitrogens with one attached hydrogen (secondary N) is 1. The molecule has 8 heteroatoms. The second kappa shape index (κ2) is 9.60. The van der Waals surface area contributed by atoms with Gasteiger partial charge in [0.15, 0.2) is 5.82 Å². The van der Waals surface area contributed by atoms with Crippen LogP contribution < -0.4 is 10.9 Å². The first-order valence-electron chi connectivity index (χ1n) is 10.6. The van der Waals surface area contributed by atoms with Crippen LogP contribution in [0.4, 0.5) is 10.1 Å². The van der Waals surface area contributed by atoms with Crippen LogP contribution >= 0.6 is 0 Å². The molecule has 4 aromatic rings. The van der Waals surface area contributed by atoms with Gasteiger partial charge >= 0.3 is 0 Å². The van der Waals surface area contributed by atoms with Crippen LogP contribution in [-0.2, 0) is 11.2 Å². The molecule has 0 aliphatic heterocycles. The molecule has 1 unspecified atom stereocenters. The van der Waals surface area contributed by atoms with Crippen molar-refractivity contribution in [2.45, 2.75) is 32.6 Å². The average Bonchev–Trinajstić information content (AvgIpc) is 3.27. The van der Waals surface area contributed by atoms with Gasteiger partial charge in [-0.15, -0.1) is 0 Å². The van der Waals surface area contributed by atoms with Gasteiger partial charge in [-0.1, -0.05) is 37.2 Å². The monoisotopic (exact) mass is 446 g/mol. The molecule has 0 radical (unpaired) electrons. The van der Waals surface area contributed by atoms with Gasteiger partial charge in [0.05, 0.1) is 17.7 Å². The smallest absolute Gasteiger partial charge is 0.259 e. The molecule has 2 aromatic carbocycles. The van der Waals surface area contributed by atoms with E-state index in [1.807, 2.05) is 24.3 Å². The van der Waals surface area contributed by atoms with Crippen LogP contribution in [0.3, 0.4) is 0 Å². The molecule has 0 saturated heterocycles. The van der Waals surface area contributed by atoms with Crippen molar-refractivity contribution >= 4 is 11.6 Å². The van der Waals surface area contributed by atoms with E-state index in [-0.39, 0.29) is 29.6 Å². The molecule has 1 atom stereocenters. The zero-order valence-electron chi connectivity index (χ0n) is 18.3. The summed E-state index contributed by atoms with van der Waals surface area (Å²) in [6.07, 6.45) is 2.47. The second-order valence-corrected chi connectivity index (χ2v) is 7.78. The quantitative estimate of drug-likeness (QED) is 0.444. The van der Waals surface area contributed by atoms with Gasteiger partial charge in [-0.3, -0.25) is 14.2 Å². The fourth-order valence-corrected chi connectivity index (χ4v) is 3.36. The van der Waals surface area contributed by atoms with Crippen molar-refractivity contribution in [3.63, 3.8) is 0 Å². The number of carbonyl (C=O) groups excluding carboxylic acids is 1. The van der Waals surface area contributed by atoms with Gasteiger partial charge in [0.25, 0.3) is 11.4 Å². The summed E-state index contributed by atoms with van der Waals surface area (Å²) in [5.74, 6) is 0.0969. The van der Waals surface area contributed by atoms with Gasteiger partial charge in [0.2, 0.25) is 5.91 Å². The third kappa shape index (κ3) is 5.23. The van der Waals surface area contributed by atoms with Gasteiger partial charge in [-0.2, -0.15) is 4.98 Å². The number of hydrogen-bond acceptors (Lipinski definition) is 5. The van der Waals surface area contributed by atoms with Crippen molar-refractivity contribution < 1.29 is 13.7 Å². The molecular formula is C25H23FN4O3. The molecule has 2 aromatic heterocycles. The van der Waals surface area contributed by atoms with E-state index in [9.17, 15) is 14.0 Å². The van der Waals surface area contributed by atoms with Crippen LogP contribution in [0.15, 0.2) is 76.2 Å². The van der Waals surface area contributed by atoms with Crippen molar-refractivity contribution in [2.24, 2.45) is 0 Å². The Morgan fingerprint density at radius 3 is 2.67 bits per heavy atom. The van der Waals surface area contributed by atoms with E-state index in [1.165, 1.54) is 46.7 Å². The lowest BCUT2D eigenvalue weighted by Crippen LogP contribution is -2.16. The van der Waals surface area contributed by atoms with Crippen molar-refractivity contribution in [2.75, 3.05) is 5.32 Å². The molecule has 0 saturated carbocycles. The Morgan fingerprint density at radius 1 is 1.15 bits per heavy atom. The van der Waals surface area contributed by atoms with Crippen molar-refractivity contribution in [1.29, 1.82) is 0 Å². The summed E-state index contributed by atoms with van der Waals surface area (Å²) in [5, 5.41) is 6.69. The molecule has 0 aliphatic rings. The molecule has 0 aliphatic carbocycles. The second-order valence-electron chi connectivity index (χ2n) is 7.78. The Labute approximate surface area is 189 Å². The molecule has 1 N–H and O–H groups in total. The van der Waals surface area contributed by atoms with E-state index < -0.39 is 5.82 Å². The Kier molecular flexibility index (Phi) is 6.44. The fourth-order valence-electron chi connectivity index (χ4n) is 3.36. The summed E-state index contributed by atoms with van der Waals surface area (Å²) in [4.78, 5) is 28.9. The minimum Gasteiger partial charge on any atom is -0.334 e. The van der Waals surface area contributed by atoms with Crippen LogP contribution in [0.2, 0.25) is 0 Å². The summed E-state index contributed by atoms with van der Waals surface area (Å²) in [6.45, 7) is 4.29. The van der Waals surface area contributed by atoms with E-state index in [2.05, 4.69) is 29.3 Å².